The van der Waals surface area contributed by atoms with Crippen molar-refractivity contribution in [3.05, 3.63) is 119 Å². The van der Waals surface area contributed by atoms with E-state index in [2.05, 4.69) is 117 Å². The van der Waals surface area contributed by atoms with E-state index in [0.717, 1.165) is 29.2 Å². The number of fused-ring (bicyclic) bond motifs is 4. The van der Waals surface area contributed by atoms with Gasteiger partial charge in [0.15, 0.2) is 18.2 Å². The zero-order valence-electron chi connectivity index (χ0n) is 26.5. The molecule has 5 nitrogen and oxygen atoms in total. The molecule has 0 radical (unpaired) electrons. The second kappa shape index (κ2) is 11.1. The lowest BCUT2D eigenvalue weighted by Gasteiger charge is -2.29. The lowest BCUT2D eigenvalue weighted by atomic mass is 9.78. The number of Topliss-reactive ketones (excluding diaryl/α,β-unsaturated/α-hetero) is 1. The molecule has 6 rings (SSSR count). The number of carbonyl (C=O) groups excluding carboxylic acids is 1. The summed E-state index contributed by atoms with van der Waals surface area (Å²) in [6, 6.07) is 26.3. The van der Waals surface area contributed by atoms with Crippen LogP contribution in [0.2, 0.25) is 0 Å². The van der Waals surface area contributed by atoms with E-state index >= 15 is 0 Å². The SMILES string of the molecule is CCC1(C)/C(=C\C=C\C2=[N+](CC(C)=O)c3ccc4ccc(C)cc4c3C2(C)C)N(COc2ccc(O)cc2)c2ccccc21. The third-order valence-corrected chi connectivity index (χ3v) is 9.44. The third kappa shape index (κ3) is 4.90. The minimum Gasteiger partial charge on any atom is -0.508 e. The van der Waals surface area contributed by atoms with Gasteiger partial charge in [0.25, 0.3) is 0 Å². The minimum absolute atomic E-state index is 0.129. The molecule has 0 spiro atoms. The van der Waals surface area contributed by atoms with E-state index in [9.17, 15) is 9.90 Å². The molecular formula is C39H41N2O3+. The highest BCUT2D eigenvalue weighted by Crippen LogP contribution is 2.50. The zero-order valence-corrected chi connectivity index (χ0v) is 26.5. The maximum absolute atomic E-state index is 12.5. The first-order chi connectivity index (χ1) is 21.0. The number of aryl methyl sites for hydroxylation is 1. The van der Waals surface area contributed by atoms with Crippen molar-refractivity contribution < 1.29 is 19.2 Å². The number of carbonyl (C=O) groups is 1. The predicted molar refractivity (Wildman–Crippen MR) is 180 cm³/mol. The highest BCUT2D eigenvalue weighted by Gasteiger charge is 2.46. The van der Waals surface area contributed by atoms with Crippen LogP contribution in [0.15, 0.2) is 103 Å². The summed E-state index contributed by atoms with van der Waals surface area (Å²) in [7, 11) is 0. The summed E-state index contributed by atoms with van der Waals surface area (Å²) in [5, 5.41) is 12.2. The zero-order chi connectivity index (χ0) is 31.2. The quantitative estimate of drug-likeness (QED) is 0.211. The largest absolute Gasteiger partial charge is 0.508 e. The highest BCUT2D eigenvalue weighted by molar-refractivity contribution is 6.08. The van der Waals surface area contributed by atoms with Crippen molar-refractivity contribution in [2.24, 2.45) is 0 Å². The number of anilines is 1. The molecule has 2 aliphatic rings. The molecule has 0 fully saturated rings. The number of hydrogen-bond donors (Lipinski definition) is 1. The molecule has 0 saturated carbocycles. The van der Waals surface area contributed by atoms with Gasteiger partial charge in [-0.05, 0) is 92.9 Å². The van der Waals surface area contributed by atoms with Crippen molar-refractivity contribution in [2.45, 2.75) is 58.8 Å². The molecule has 5 heteroatoms. The van der Waals surface area contributed by atoms with Crippen molar-refractivity contribution in [3.8, 4) is 11.5 Å². The Bertz CT molecular complexity index is 1860. The number of phenols is 1. The van der Waals surface area contributed by atoms with Crippen LogP contribution in [0.5, 0.6) is 11.5 Å². The predicted octanol–water partition coefficient (Wildman–Crippen LogP) is 8.48. The van der Waals surface area contributed by atoms with Crippen molar-refractivity contribution in [1.29, 1.82) is 0 Å². The molecular weight excluding hydrogens is 544 g/mol. The van der Waals surface area contributed by atoms with Gasteiger partial charge in [0.1, 0.15) is 11.5 Å². The second-order valence-corrected chi connectivity index (χ2v) is 12.8. The van der Waals surface area contributed by atoms with Gasteiger partial charge in [-0.1, -0.05) is 55.0 Å². The lowest BCUT2D eigenvalue weighted by Crippen LogP contribution is -2.31. The van der Waals surface area contributed by atoms with E-state index in [1.165, 1.54) is 27.5 Å². The Hall–Kier alpha value is -4.64. The standard InChI is InChI=1S/C39H40N2O3/c1-7-39(6)32-11-8-9-12-33(32)41(25-44-30-20-18-29(43)19-21-30)36(39)14-10-13-35-38(4,5)37-31-23-26(2)15-16-28(31)17-22-34(37)40(35)24-27(3)42/h8-23H,7,24-25H2,1-6H3/p+1. The number of nitrogens with zero attached hydrogens (tertiary/aromatic N) is 2. The van der Waals surface area contributed by atoms with Crippen LogP contribution in [0.3, 0.4) is 0 Å². The topological polar surface area (TPSA) is 52.8 Å². The maximum atomic E-state index is 12.5. The van der Waals surface area contributed by atoms with Gasteiger partial charge in [-0.2, -0.15) is 4.58 Å². The molecule has 0 saturated heterocycles. The van der Waals surface area contributed by atoms with Gasteiger partial charge in [0.2, 0.25) is 12.2 Å². The summed E-state index contributed by atoms with van der Waals surface area (Å²) < 4.78 is 8.43. The summed E-state index contributed by atoms with van der Waals surface area (Å²) in [4.78, 5) is 14.8. The van der Waals surface area contributed by atoms with E-state index in [-0.39, 0.29) is 22.4 Å². The Kier molecular flexibility index (Phi) is 7.44. The van der Waals surface area contributed by atoms with Crippen LogP contribution in [-0.2, 0) is 15.6 Å². The van der Waals surface area contributed by atoms with Gasteiger partial charge in [0.05, 0.1) is 5.41 Å². The van der Waals surface area contributed by atoms with E-state index in [1.807, 2.05) is 0 Å². The van der Waals surface area contributed by atoms with Crippen molar-refractivity contribution in [1.82, 2.24) is 0 Å². The van der Waals surface area contributed by atoms with Crippen LogP contribution in [-0.4, -0.2) is 34.5 Å². The number of phenolic OH excluding ortho intramolecular Hbond substituents is 1. The van der Waals surface area contributed by atoms with Crippen LogP contribution in [0.4, 0.5) is 11.4 Å². The Balaban J connectivity index is 1.43. The molecule has 1 atom stereocenters. The molecule has 44 heavy (non-hydrogen) atoms. The fourth-order valence-corrected chi connectivity index (χ4v) is 7.03. The Morgan fingerprint density at radius 2 is 1.73 bits per heavy atom. The minimum atomic E-state index is -0.304. The number of rotatable bonds is 8. The third-order valence-electron chi connectivity index (χ3n) is 9.44. The fourth-order valence-electron chi connectivity index (χ4n) is 7.03. The summed E-state index contributed by atoms with van der Waals surface area (Å²) >= 11 is 0. The normalized spacial score (nSPS) is 19.7. The number of benzene rings is 4. The number of para-hydroxylation sites is 1. The van der Waals surface area contributed by atoms with Crippen LogP contribution in [0, 0.1) is 6.92 Å². The fraction of sp³-hybridized carbons (Fsp3) is 0.282. The van der Waals surface area contributed by atoms with Gasteiger partial charge in [-0.25, -0.2) is 0 Å². The first kappa shape index (κ1) is 29.4. The molecule has 0 bridgehead atoms. The molecule has 2 heterocycles. The van der Waals surface area contributed by atoms with E-state index in [1.54, 1.807) is 31.2 Å². The van der Waals surface area contributed by atoms with Gasteiger partial charge in [-0.3, -0.25) is 4.79 Å². The number of aromatic hydroxyl groups is 1. The number of ether oxygens (including phenoxy) is 1. The van der Waals surface area contributed by atoms with E-state index in [4.69, 9.17) is 4.74 Å². The highest BCUT2D eigenvalue weighted by atomic mass is 16.5. The van der Waals surface area contributed by atoms with Crippen molar-refractivity contribution in [2.75, 3.05) is 18.2 Å². The maximum Gasteiger partial charge on any atom is 0.210 e. The van der Waals surface area contributed by atoms with E-state index < -0.39 is 0 Å². The number of ketones is 1. The van der Waals surface area contributed by atoms with Gasteiger partial charge < -0.3 is 14.7 Å². The van der Waals surface area contributed by atoms with Gasteiger partial charge in [-0.15, -0.1) is 0 Å². The van der Waals surface area contributed by atoms with Crippen LogP contribution < -0.4 is 9.64 Å². The Labute approximate surface area is 260 Å². The van der Waals surface area contributed by atoms with Gasteiger partial charge in [0, 0.05) is 41.4 Å². The number of allylic oxidation sites excluding steroid dienone is 4. The average Bonchev–Trinajstić information content (AvgIpc) is 3.36. The average molecular weight is 586 g/mol. The molecule has 4 aromatic carbocycles. The van der Waals surface area contributed by atoms with Crippen molar-refractivity contribution >= 4 is 33.6 Å². The molecule has 1 N–H and O–H groups in total. The molecule has 224 valence electrons. The van der Waals surface area contributed by atoms with Gasteiger partial charge >= 0.3 is 0 Å². The molecule has 0 aromatic heterocycles. The van der Waals surface area contributed by atoms with E-state index in [0.29, 0.717) is 19.0 Å². The molecule has 2 aliphatic heterocycles. The van der Waals surface area contributed by atoms with Crippen molar-refractivity contribution in [3.63, 3.8) is 0 Å². The van der Waals surface area contributed by atoms with Crippen LogP contribution in [0.25, 0.3) is 10.8 Å². The Morgan fingerprint density at radius 1 is 1.00 bits per heavy atom. The summed E-state index contributed by atoms with van der Waals surface area (Å²) in [5.41, 5.74) is 7.76. The monoisotopic (exact) mass is 585 g/mol. The lowest BCUT2D eigenvalue weighted by molar-refractivity contribution is -0.424. The smallest absolute Gasteiger partial charge is 0.210 e. The van der Waals surface area contributed by atoms with Crippen LogP contribution >= 0.6 is 0 Å². The molecule has 0 aliphatic carbocycles. The molecule has 0 amide bonds. The molecule has 4 aromatic rings. The first-order valence-electron chi connectivity index (χ1n) is 15.4. The summed E-state index contributed by atoms with van der Waals surface area (Å²) in [6.45, 7) is 13.5. The summed E-state index contributed by atoms with van der Waals surface area (Å²) in [6.07, 6.45) is 7.47. The number of hydrogen-bond acceptors (Lipinski definition) is 4. The molecule has 1 unspecified atom stereocenters. The van der Waals surface area contributed by atoms with Crippen LogP contribution in [0.1, 0.15) is 57.7 Å². The summed E-state index contributed by atoms with van der Waals surface area (Å²) in [5.74, 6) is 1.04. The Morgan fingerprint density at radius 3 is 2.45 bits per heavy atom. The second-order valence-electron chi connectivity index (χ2n) is 12.8. The first-order valence-corrected chi connectivity index (χ1v) is 15.4.